The fourth-order valence-electron chi connectivity index (χ4n) is 2.18. The van der Waals surface area contributed by atoms with Gasteiger partial charge in [-0.15, -0.1) is 11.3 Å². The van der Waals surface area contributed by atoms with Gasteiger partial charge in [0.15, 0.2) is 6.29 Å². The molecule has 0 aliphatic heterocycles. The first kappa shape index (κ1) is 14.0. The average Bonchev–Trinajstić information content (AvgIpc) is 3.05. The molecule has 0 N–H and O–H groups in total. The zero-order valence-corrected chi connectivity index (χ0v) is 13.0. The summed E-state index contributed by atoms with van der Waals surface area (Å²) in [6.45, 7) is 2.63. The molecule has 1 aromatic carbocycles. The van der Waals surface area contributed by atoms with Crippen LogP contribution in [0.3, 0.4) is 0 Å². The molecule has 0 saturated carbocycles. The Balaban J connectivity index is 1.94. The lowest BCUT2D eigenvalue weighted by molar-refractivity contribution is 0.112. The Bertz CT molecular complexity index is 791. The van der Waals surface area contributed by atoms with Crippen LogP contribution in [-0.2, 0) is 6.54 Å². The number of rotatable bonds is 4. The zero-order valence-electron chi connectivity index (χ0n) is 11.4. The standard InChI is InChI=1S/C16H13ClN2OS/c1-11-5-6-15(21-11)16-13(10-20)9-19(18-16)8-12-3-2-4-14(17)7-12/h2-7,9-10H,8H2,1H3. The van der Waals surface area contributed by atoms with E-state index in [-0.39, 0.29) is 0 Å². The molecule has 0 amide bonds. The van der Waals surface area contributed by atoms with Crippen molar-refractivity contribution in [2.24, 2.45) is 0 Å². The summed E-state index contributed by atoms with van der Waals surface area (Å²) in [5.41, 5.74) is 2.40. The molecule has 3 aromatic rings. The number of aldehydes is 1. The third-order valence-electron chi connectivity index (χ3n) is 3.12. The normalized spacial score (nSPS) is 10.8. The van der Waals surface area contributed by atoms with Crippen molar-refractivity contribution < 1.29 is 4.79 Å². The smallest absolute Gasteiger partial charge is 0.153 e. The van der Waals surface area contributed by atoms with Crippen LogP contribution in [0.15, 0.2) is 42.6 Å². The second kappa shape index (κ2) is 5.84. The lowest BCUT2D eigenvalue weighted by Gasteiger charge is -2.02. The van der Waals surface area contributed by atoms with Crippen LogP contribution in [0.4, 0.5) is 0 Å². The van der Waals surface area contributed by atoms with Crippen LogP contribution < -0.4 is 0 Å². The predicted molar refractivity (Wildman–Crippen MR) is 86.2 cm³/mol. The topological polar surface area (TPSA) is 34.9 Å². The minimum Gasteiger partial charge on any atom is -0.298 e. The number of halogens is 1. The number of nitrogens with zero attached hydrogens (tertiary/aromatic N) is 2. The van der Waals surface area contributed by atoms with Gasteiger partial charge in [0.25, 0.3) is 0 Å². The summed E-state index contributed by atoms with van der Waals surface area (Å²) in [6.07, 6.45) is 2.63. The maximum atomic E-state index is 11.3. The van der Waals surface area contributed by atoms with Gasteiger partial charge in [-0.2, -0.15) is 5.10 Å². The van der Waals surface area contributed by atoms with Gasteiger partial charge in [0.2, 0.25) is 0 Å². The number of aryl methyl sites for hydroxylation is 1. The molecular formula is C16H13ClN2OS. The van der Waals surface area contributed by atoms with E-state index in [1.807, 2.05) is 43.3 Å². The van der Waals surface area contributed by atoms with Gasteiger partial charge in [0.05, 0.1) is 17.0 Å². The number of hydrogen-bond acceptors (Lipinski definition) is 3. The monoisotopic (exact) mass is 316 g/mol. The lowest BCUT2D eigenvalue weighted by atomic mass is 10.2. The predicted octanol–water partition coefficient (Wildman–Crippen LogP) is 4.43. The van der Waals surface area contributed by atoms with Crippen molar-refractivity contribution >= 4 is 29.2 Å². The van der Waals surface area contributed by atoms with Gasteiger partial charge in [-0.05, 0) is 36.8 Å². The van der Waals surface area contributed by atoms with Gasteiger partial charge in [-0.25, -0.2) is 0 Å². The molecule has 0 radical (unpaired) electrons. The highest BCUT2D eigenvalue weighted by atomic mass is 35.5. The van der Waals surface area contributed by atoms with E-state index >= 15 is 0 Å². The first-order chi connectivity index (χ1) is 10.2. The fraction of sp³-hybridized carbons (Fsp3) is 0.125. The van der Waals surface area contributed by atoms with Crippen LogP contribution >= 0.6 is 22.9 Å². The molecular weight excluding hydrogens is 304 g/mol. The van der Waals surface area contributed by atoms with E-state index in [0.717, 1.165) is 22.4 Å². The largest absolute Gasteiger partial charge is 0.298 e. The van der Waals surface area contributed by atoms with Crippen molar-refractivity contribution in [3.8, 4) is 10.6 Å². The molecule has 3 nitrogen and oxygen atoms in total. The van der Waals surface area contributed by atoms with E-state index < -0.39 is 0 Å². The van der Waals surface area contributed by atoms with E-state index in [4.69, 9.17) is 11.6 Å². The molecule has 5 heteroatoms. The average molecular weight is 317 g/mol. The first-order valence-corrected chi connectivity index (χ1v) is 7.69. The third-order valence-corrected chi connectivity index (χ3v) is 4.37. The molecule has 21 heavy (non-hydrogen) atoms. The highest BCUT2D eigenvalue weighted by Crippen LogP contribution is 2.28. The number of carbonyl (C=O) groups is 1. The van der Waals surface area contributed by atoms with Crippen molar-refractivity contribution in [3.63, 3.8) is 0 Å². The third kappa shape index (κ3) is 3.06. The van der Waals surface area contributed by atoms with Crippen molar-refractivity contribution in [1.29, 1.82) is 0 Å². The van der Waals surface area contributed by atoms with Gasteiger partial charge >= 0.3 is 0 Å². The van der Waals surface area contributed by atoms with Crippen LogP contribution in [0.1, 0.15) is 20.8 Å². The molecule has 2 heterocycles. The molecule has 0 bridgehead atoms. The summed E-state index contributed by atoms with van der Waals surface area (Å²) in [7, 11) is 0. The van der Waals surface area contributed by atoms with Crippen LogP contribution in [0, 0.1) is 6.92 Å². The van der Waals surface area contributed by atoms with Crippen LogP contribution in [0.2, 0.25) is 5.02 Å². The van der Waals surface area contributed by atoms with E-state index in [9.17, 15) is 4.79 Å². The van der Waals surface area contributed by atoms with Crippen molar-refractivity contribution in [1.82, 2.24) is 9.78 Å². The van der Waals surface area contributed by atoms with Gasteiger partial charge in [0, 0.05) is 16.1 Å². The van der Waals surface area contributed by atoms with Gasteiger partial charge in [-0.1, -0.05) is 23.7 Å². The lowest BCUT2D eigenvalue weighted by Crippen LogP contribution is -2.00. The van der Waals surface area contributed by atoms with Gasteiger partial charge in [0.1, 0.15) is 5.69 Å². The maximum Gasteiger partial charge on any atom is 0.153 e. The highest BCUT2D eigenvalue weighted by molar-refractivity contribution is 7.15. The molecule has 0 aliphatic rings. The zero-order chi connectivity index (χ0) is 14.8. The minimum atomic E-state index is 0.589. The number of thiophene rings is 1. The Morgan fingerprint density at radius 1 is 1.33 bits per heavy atom. The molecule has 0 atom stereocenters. The number of aromatic nitrogens is 2. The SMILES string of the molecule is Cc1ccc(-c2nn(Cc3cccc(Cl)c3)cc2C=O)s1. The van der Waals surface area contributed by atoms with E-state index in [1.165, 1.54) is 4.88 Å². The molecule has 2 aromatic heterocycles. The summed E-state index contributed by atoms with van der Waals surface area (Å²) >= 11 is 7.63. The summed E-state index contributed by atoms with van der Waals surface area (Å²) in [5.74, 6) is 0. The van der Waals surface area contributed by atoms with Gasteiger partial charge < -0.3 is 0 Å². The Morgan fingerprint density at radius 2 is 2.19 bits per heavy atom. The van der Waals surface area contributed by atoms with E-state index in [0.29, 0.717) is 17.1 Å². The second-order valence-electron chi connectivity index (χ2n) is 4.79. The first-order valence-electron chi connectivity index (χ1n) is 6.49. The Hall–Kier alpha value is -1.91. The van der Waals surface area contributed by atoms with Crippen LogP contribution in [-0.4, -0.2) is 16.1 Å². The summed E-state index contributed by atoms with van der Waals surface area (Å²) in [5, 5.41) is 5.24. The van der Waals surface area contributed by atoms with E-state index in [1.54, 1.807) is 22.2 Å². The molecule has 106 valence electrons. The fourth-order valence-corrected chi connectivity index (χ4v) is 3.27. The summed E-state index contributed by atoms with van der Waals surface area (Å²) in [6, 6.07) is 11.7. The number of hydrogen-bond donors (Lipinski definition) is 0. The minimum absolute atomic E-state index is 0.589. The summed E-state index contributed by atoms with van der Waals surface area (Å²) < 4.78 is 1.78. The van der Waals surface area contributed by atoms with Crippen molar-refractivity contribution in [3.05, 3.63) is 63.6 Å². The molecule has 0 unspecified atom stereocenters. The molecule has 0 fully saturated rings. The molecule has 3 rings (SSSR count). The second-order valence-corrected chi connectivity index (χ2v) is 6.51. The molecule has 0 spiro atoms. The number of benzene rings is 1. The molecule has 0 aliphatic carbocycles. The van der Waals surface area contributed by atoms with Crippen LogP contribution in [0.25, 0.3) is 10.6 Å². The van der Waals surface area contributed by atoms with E-state index in [2.05, 4.69) is 5.10 Å². The maximum absolute atomic E-state index is 11.3. The number of carbonyl (C=O) groups excluding carboxylic acids is 1. The van der Waals surface area contributed by atoms with Crippen molar-refractivity contribution in [2.45, 2.75) is 13.5 Å². The Morgan fingerprint density at radius 3 is 2.86 bits per heavy atom. The molecule has 0 saturated heterocycles. The summed E-state index contributed by atoms with van der Waals surface area (Å²) in [4.78, 5) is 13.5. The van der Waals surface area contributed by atoms with Gasteiger partial charge in [-0.3, -0.25) is 9.48 Å². The Kier molecular flexibility index (Phi) is 3.90. The van der Waals surface area contributed by atoms with Crippen molar-refractivity contribution in [2.75, 3.05) is 0 Å². The highest BCUT2D eigenvalue weighted by Gasteiger charge is 2.12. The quantitative estimate of drug-likeness (QED) is 0.667. The van der Waals surface area contributed by atoms with Crippen LogP contribution in [0.5, 0.6) is 0 Å². The Labute approximate surface area is 131 Å².